The van der Waals surface area contributed by atoms with Crippen LogP contribution in [0.25, 0.3) is 10.9 Å². The minimum Gasteiger partial charge on any atom is -0.508 e. The second kappa shape index (κ2) is 5.25. The van der Waals surface area contributed by atoms with Gasteiger partial charge in [0.1, 0.15) is 5.75 Å². The Morgan fingerprint density at radius 3 is 2.76 bits per heavy atom. The van der Waals surface area contributed by atoms with Crippen molar-refractivity contribution < 1.29 is 9.90 Å². The molecule has 2 N–H and O–H groups in total. The van der Waals surface area contributed by atoms with Crippen molar-refractivity contribution in [2.75, 3.05) is 5.32 Å². The topological polar surface area (TPSA) is 62.2 Å². The number of anilines is 1. The first-order valence-corrected chi connectivity index (χ1v) is 6.60. The molecular formula is C17H14N2O2. The monoisotopic (exact) mass is 278 g/mol. The molecule has 2 aromatic carbocycles. The number of hydrogen-bond donors (Lipinski definition) is 2. The molecule has 0 aliphatic heterocycles. The number of benzene rings is 2. The van der Waals surface area contributed by atoms with Gasteiger partial charge in [0.25, 0.3) is 5.91 Å². The van der Waals surface area contributed by atoms with E-state index in [-0.39, 0.29) is 11.7 Å². The van der Waals surface area contributed by atoms with Crippen molar-refractivity contribution in [2.24, 2.45) is 0 Å². The molecule has 3 aromatic rings. The summed E-state index contributed by atoms with van der Waals surface area (Å²) in [5, 5.41) is 13.2. The number of aromatic hydroxyl groups is 1. The Bertz CT molecular complexity index is 828. The van der Waals surface area contributed by atoms with Gasteiger partial charge in [-0.05, 0) is 49.4 Å². The van der Waals surface area contributed by atoms with Crippen LogP contribution in [0.1, 0.15) is 16.1 Å². The first-order chi connectivity index (χ1) is 10.1. The Hall–Kier alpha value is -2.88. The smallest absolute Gasteiger partial charge is 0.255 e. The average Bonchev–Trinajstić information content (AvgIpc) is 2.47. The molecule has 0 saturated heterocycles. The van der Waals surface area contributed by atoms with E-state index < -0.39 is 0 Å². The van der Waals surface area contributed by atoms with Crippen LogP contribution in [0.3, 0.4) is 0 Å². The Labute approximate surface area is 122 Å². The fourth-order valence-electron chi connectivity index (χ4n) is 2.16. The van der Waals surface area contributed by atoms with Crippen LogP contribution in [0.4, 0.5) is 5.69 Å². The van der Waals surface area contributed by atoms with E-state index in [1.165, 1.54) is 12.1 Å². The van der Waals surface area contributed by atoms with Gasteiger partial charge in [0.2, 0.25) is 0 Å². The molecule has 1 heterocycles. The van der Waals surface area contributed by atoms with Crippen molar-refractivity contribution in [2.45, 2.75) is 6.92 Å². The van der Waals surface area contributed by atoms with Crippen LogP contribution >= 0.6 is 0 Å². The van der Waals surface area contributed by atoms with Crippen molar-refractivity contribution >= 4 is 22.5 Å². The van der Waals surface area contributed by atoms with Crippen LogP contribution in [-0.2, 0) is 0 Å². The SMILES string of the molecule is Cc1ccc2cc(NC(=O)c3cccc(O)c3)ccc2n1. The van der Waals surface area contributed by atoms with Gasteiger partial charge in [-0.25, -0.2) is 0 Å². The summed E-state index contributed by atoms with van der Waals surface area (Å²) in [6.45, 7) is 1.94. The number of nitrogens with zero attached hydrogens (tertiary/aromatic N) is 1. The van der Waals surface area contributed by atoms with E-state index in [0.717, 1.165) is 16.6 Å². The Kier molecular flexibility index (Phi) is 3.28. The Morgan fingerprint density at radius 1 is 1.10 bits per heavy atom. The maximum Gasteiger partial charge on any atom is 0.255 e. The number of pyridine rings is 1. The zero-order valence-electron chi connectivity index (χ0n) is 11.5. The first-order valence-electron chi connectivity index (χ1n) is 6.60. The number of aryl methyl sites for hydroxylation is 1. The lowest BCUT2D eigenvalue weighted by Gasteiger charge is -2.07. The molecule has 0 fully saturated rings. The number of hydrogen-bond acceptors (Lipinski definition) is 3. The number of phenolic OH excluding ortho intramolecular Hbond substituents is 1. The predicted octanol–water partition coefficient (Wildman–Crippen LogP) is 3.50. The summed E-state index contributed by atoms with van der Waals surface area (Å²) in [6, 6.07) is 15.7. The number of carbonyl (C=O) groups is 1. The second-order valence-corrected chi connectivity index (χ2v) is 4.86. The third-order valence-electron chi connectivity index (χ3n) is 3.19. The number of carbonyl (C=O) groups excluding carboxylic acids is 1. The summed E-state index contributed by atoms with van der Waals surface area (Å²) in [7, 11) is 0. The molecule has 4 heteroatoms. The molecule has 0 bridgehead atoms. The molecule has 0 radical (unpaired) electrons. The van der Waals surface area contributed by atoms with E-state index in [9.17, 15) is 9.90 Å². The van der Waals surface area contributed by atoms with Gasteiger partial charge in [-0.1, -0.05) is 12.1 Å². The third kappa shape index (κ3) is 2.84. The third-order valence-corrected chi connectivity index (χ3v) is 3.19. The van der Waals surface area contributed by atoms with Crippen LogP contribution in [0, 0.1) is 6.92 Å². The van der Waals surface area contributed by atoms with Gasteiger partial charge in [-0.15, -0.1) is 0 Å². The normalized spacial score (nSPS) is 10.5. The first kappa shape index (κ1) is 13.1. The van der Waals surface area contributed by atoms with Gasteiger partial charge < -0.3 is 10.4 Å². The molecule has 0 spiro atoms. The number of nitrogens with one attached hydrogen (secondary N) is 1. The van der Waals surface area contributed by atoms with E-state index in [1.54, 1.807) is 12.1 Å². The van der Waals surface area contributed by atoms with Crippen LogP contribution in [-0.4, -0.2) is 16.0 Å². The summed E-state index contributed by atoms with van der Waals surface area (Å²) in [6.07, 6.45) is 0. The quantitative estimate of drug-likeness (QED) is 0.754. The van der Waals surface area contributed by atoms with Crippen LogP contribution in [0.5, 0.6) is 5.75 Å². The van der Waals surface area contributed by atoms with E-state index in [4.69, 9.17) is 0 Å². The van der Waals surface area contributed by atoms with E-state index in [1.807, 2.05) is 37.3 Å². The van der Waals surface area contributed by atoms with Crippen LogP contribution < -0.4 is 5.32 Å². The van der Waals surface area contributed by atoms with Crippen molar-refractivity contribution in [1.29, 1.82) is 0 Å². The summed E-state index contributed by atoms with van der Waals surface area (Å²) < 4.78 is 0. The molecule has 0 aliphatic carbocycles. The molecule has 1 amide bonds. The molecule has 1 aromatic heterocycles. The lowest BCUT2D eigenvalue weighted by atomic mass is 10.1. The number of amides is 1. The molecule has 21 heavy (non-hydrogen) atoms. The van der Waals surface area contributed by atoms with Crippen molar-refractivity contribution in [3.8, 4) is 5.75 Å². The lowest BCUT2D eigenvalue weighted by Crippen LogP contribution is -2.11. The largest absolute Gasteiger partial charge is 0.508 e. The summed E-state index contributed by atoms with van der Waals surface area (Å²) in [4.78, 5) is 16.5. The zero-order chi connectivity index (χ0) is 14.8. The molecule has 104 valence electrons. The standard InChI is InChI=1S/C17H14N2O2/c1-11-5-6-12-9-14(7-8-16(12)18-11)19-17(21)13-3-2-4-15(20)10-13/h2-10,20H,1H3,(H,19,21). The lowest BCUT2D eigenvalue weighted by molar-refractivity contribution is 0.102. The summed E-state index contributed by atoms with van der Waals surface area (Å²) >= 11 is 0. The molecule has 4 nitrogen and oxygen atoms in total. The van der Waals surface area contributed by atoms with Gasteiger partial charge in [-0.2, -0.15) is 0 Å². The highest BCUT2D eigenvalue weighted by molar-refractivity contribution is 6.05. The van der Waals surface area contributed by atoms with Gasteiger partial charge in [0, 0.05) is 22.3 Å². The fourth-order valence-corrected chi connectivity index (χ4v) is 2.16. The maximum atomic E-state index is 12.1. The van der Waals surface area contributed by atoms with E-state index in [2.05, 4.69) is 10.3 Å². The summed E-state index contributed by atoms with van der Waals surface area (Å²) in [5.41, 5.74) is 2.96. The maximum absolute atomic E-state index is 12.1. The number of rotatable bonds is 2. The second-order valence-electron chi connectivity index (χ2n) is 4.86. The number of aromatic nitrogens is 1. The molecule has 0 saturated carbocycles. The zero-order valence-corrected chi connectivity index (χ0v) is 11.5. The highest BCUT2D eigenvalue weighted by Crippen LogP contribution is 2.19. The number of fused-ring (bicyclic) bond motifs is 1. The molecule has 0 aliphatic rings. The highest BCUT2D eigenvalue weighted by atomic mass is 16.3. The fraction of sp³-hybridized carbons (Fsp3) is 0.0588. The van der Waals surface area contributed by atoms with E-state index >= 15 is 0 Å². The van der Waals surface area contributed by atoms with E-state index in [0.29, 0.717) is 11.3 Å². The predicted molar refractivity (Wildman–Crippen MR) is 82.5 cm³/mol. The molecular weight excluding hydrogens is 264 g/mol. The minimum absolute atomic E-state index is 0.0702. The average molecular weight is 278 g/mol. The van der Waals surface area contributed by atoms with Gasteiger partial charge in [0.05, 0.1) is 5.52 Å². The molecule has 3 rings (SSSR count). The van der Waals surface area contributed by atoms with Gasteiger partial charge in [-0.3, -0.25) is 9.78 Å². The Balaban J connectivity index is 1.87. The van der Waals surface area contributed by atoms with Crippen molar-refractivity contribution in [1.82, 2.24) is 4.98 Å². The summed E-state index contributed by atoms with van der Waals surface area (Å²) in [5.74, 6) is -0.189. The van der Waals surface area contributed by atoms with Crippen LogP contribution in [0.2, 0.25) is 0 Å². The van der Waals surface area contributed by atoms with Gasteiger partial charge in [0.15, 0.2) is 0 Å². The Morgan fingerprint density at radius 2 is 1.95 bits per heavy atom. The number of phenols is 1. The highest BCUT2D eigenvalue weighted by Gasteiger charge is 2.07. The molecule has 0 unspecified atom stereocenters. The minimum atomic E-state index is -0.259. The molecule has 0 atom stereocenters. The van der Waals surface area contributed by atoms with Gasteiger partial charge >= 0.3 is 0 Å². The van der Waals surface area contributed by atoms with Crippen molar-refractivity contribution in [3.63, 3.8) is 0 Å². The van der Waals surface area contributed by atoms with Crippen LogP contribution in [0.15, 0.2) is 54.6 Å². The van der Waals surface area contributed by atoms with Crippen molar-refractivity contribution in [3.05, 3.63) is 65.9 Å².